The van der Waals surface area contributed by atoms with Crippen LogP contribution >= 0.6 is 11.8 Å². The van der Waals surface area contributed by atoms with E-state index in [-0.39, 0.29) is 5.03 Å². The highest BCUT2D eigenvalue weighted by molar-refractivity contribution is 7.99. The van der Waals surface area contributed by atoms with E-state index < -0.39 is 5.82 Å². The highest BCUT2D eigenvalue weighted by Crippen LogP contribution is 2.25. The zero-order valence-corrected chi connectivity index (χ0v) is 9.57. The van der Waals surface area contributed by atoms with Crippen molar-refractivity contribution in [1.82, 2.24) is 30.2 Å². The highest BCUT2D eigenvalue weighted by Gasteiger charge is 2.13. The molecule has 2 aromatic heterocycles. The monoisotopic (exact) mass is 240 g/mol. The van der Waals surface area contributed by atoms with Crippen LogP contribution in [0.1, 0.15) is 12.6 Å². The smallest absolute Gasteiger partial charge is 0.215 e. The van der Waals surface area contributed by atoms with Crippen LogP contribution in [0.25, 0.3) is 0 Å². The number of hydrogen-bond donors (Lipinski definition) is 0. The average molecular weight is 240 g/mol. The van der Waals surface area contributed by atoms with Crippen molar-refractivity contribution in [1.29, 1.82) is 0 Å². The van der Waals surface area contributed by atoms with Gasteiger partial charge in [-0.3, -0.25) is 0 Å². The van der Waals surface area contributed by atoms with Gasteiger partial charge in [0.1, 0.15) is 11.4 Å². The molecule has 0 radical (unpaired) electrons. The number of nitrogens with zero attached hydrogens (tertiary/aromatic N) is 6. The third-order valence-corrected chi connectivity index (χ3v) is 2.94. The predicted octanol–water partition coefficient (Wildman–Crippen LogP) is 0.853. The van der Waals surface area contributed by atoms with Gasteiger partial charge < -0.3 is 0 Å². The van der Waals surface area contributed by atoms with Gasteiger partial charge in [0, 0.05) is 7.05 Å². The van der Waals surface area contributed by atoms with Crippen LogP contribution in [0, 0.1) is 5.82 Å². The van der Waals surface area contributed by atoms with E-state index in [2.05, 4.69) is 25.5 Å². The molecule has 0 fully saturated rings. The zero-order valence-electron chi connectivity index (χ0n) is 8.75. The summed E-state index contributed by atoms with van der Waals surface area (Å²) in [6.45, 7) is 1.84. The molecule has 0 N–H and O–H groups in total. The van der Waals surface area contributed by atoms with Crippen molar-refractivity contribution in [2.24, 2.45) is 7.05 Å². The number of hydrogen-bond acceptors (Lipinski definition) is 6. The number of halogens is 1. The van der Waals surface area contributed by atoms with Crippen molar-refractivity contribution in [2.45, 2.75) is 23.5 Å². The molecule has 2 heterocycles. The van der Waals surface area contributed by atoms with Gasteiger partial charge in [-0.15, -0.1) is 5.10 Å². The number of aromatic nitrogens is 6. The lowest BCUT2D eigenvalue weighted by Gasteiger charge is -2.02. The first kappa shape index (κ1) is 10.9. The quantitative estimate of drug-likeness (QED) is 0.741. The average Bonchev–Trinajstić information content (AvgIpc) is 2.68. The molecule has 0 saturated carbocycles. The first-order valence-electron chi connectivity index (χ1n) is 4.62. The number of rotatable bonds is 3. The first-order chi connectivity index (χ1) is 7.72. The summed E-state index contributed by atoms with van der Waals surface area (Å²) in [5.41, 5.74) is 0.396. The van der Waals surface area contributed by atoms with Crippen molar-refractivity contribution in [3.05, 3.63) is 17.8 Å². The maximum absolute atomic E-state index is 13.8. The Labute approximate surface area is 95.3 Å². The molecule has 8 heteroatoms. The summed E-state index contributed by atoms with van der Waals surface area (Å²) in [5, 5.41) is 11.6. The summed E-state index contributed by atoms with van der Waals surface area (Å²) in [7, 11) is 1.68. The minimum absolute atomic E-state index is 0.241. The fraction of sp³-hybridized carbons (Fsp3) is 0.375. The van der Waals surface area contributed by atoms with Gasteiger partial charge in [-0.25, -0.2) is 19.0 Å². The Morgan fingerprint density at radius 2 is 2.25 bits per heavy atom. The Kier molecular flexibility index (Phi) is 3.09. The summed E-state index contributed by atoms with van der Waals surface area (Å²) in [5.74, 6) is -0.405. The van der Waals surface area contributed by atoms with E-state index in [0.717, 1.165) is 11.8 Å². The lowest BCUT2D eigenvalue weighted by Crippen LogP contribution is -1.99. The van der Waals surface area contributed by atoms with Crippen molar-refractivity contribution in [3.8, 4) is 0 Å². The molecule has 0 amide bonds. The highest BCUT2D eigenvalue weighted by atomic mass is 32.2. The largest absolute Gasteiger partial charge is 0.238 e. The Hall–Kier alpha value is -1.57. The topological polar surface area (TPSA) is 69.4 Å². The second-order valence-electron chi connectivity index (χ2n) is 2.98. The van der Waals surface area contributed by atoms with Gasteiger partial charge >= 0.3 is 0 Å². The van der Waals surface area contributed by atoms with Crippen LogP contribution in [0.5, 0.6) is 0 Å². The molecule has 0 spiro atoms. The number of aryl methyl sites for hydroxylation is 2. The second-order valence-corrected chi connectivity index (χ2v) is 3.94. The summed E-state index contributed by atoms with van der Waals surface area (Å²) >= 11 is 1.08. The van der Waals surface area contributed by atoms with Gasteiger partial charge in [-0.1, -0.05) is 6.92 Å². The van der Waals surface area contributed by atoms with Crippen LogP contribution in [0.3, 0.4) is 0 Å². The molecule has 16 heavy (non-hydrogen) atoms. The van der Waals surface area contributed by atoms with Gasteiger partial charge in [0.05, 0.1) is 5.69 Å². The second kappa shape index (κ2) is 4.52. The molecule has 2 rings (SSSR count). The Morgan fingerprint density at radius 3 is 2.88 bits per heavy atom. The molecule has 0 atom stereocenters. The van der Waals surface area contributed by atoms with Crippen molar-refractivity contribution < 1.29 is 4.39 Å². The SMILES string of the molecule is CCc1ncnc(Sc2nnnn2C)c1F. The summed E-state index contributed by atoms with van der Waals surface area (Å²) < 4.78 is 15.2. The lowest BCUT2D eigenvalue weighted by molar-refractivity contribution is 0.558. The third kappa shape index (κ3) is 2.01. The molecule has 0 aliphatic carbocycles. The van der Waals surface area contributed by atoms with E-state index in [1.54, 1.807) is 7.05 Å². The molecule has 0 unspecified atom stereocenters. The van der Waals surface area contributed by atoms with Gasteiger partial charge in [-0.2, -0.15) is 0 Å². The maximum Gasteiger partial charge on any atom is 0.215 e. The van der Waals surface area contributed by atoms with Crippen molar-refractivity contribution in [2.75, 3.05) is 0 Å². The molecular weight excluding hydrogens is 231 g/mol. The Morgan fingerprint density at radius 1 is 1.44 bits per heavy atom. The Bertz CT molecular complexity index is 499. The van der Waals surface area contributed by atoms with Gasteiger partial charge in [0.2, 0.25) is 5.16 Å². The van der Waals surface area contributed by atoms with Crippen LogP contribution in [-0.2, 0) is 13.5 Å². The summed E-state index contributed by atoms with van der Waals surface area (Å²) in [4.78, 5) is 7.72. The molecule has 2 aromatic rings. The van der Waals surface area contributed by atoms with E-state index in [0.29, 0.717) is 17.3 Å². The van der Waals surface area contributed by atoms with Crippen molar-refractivity contribution >= 4 is 11.8 Å². The minimum Gasteiger partial charge on any atom is -0.238 e. The van der Waals surface area contributed by atoms with E-state index >= 15 is 0 Å². The van der Waals surface area contributed by atoms with Gasteiger partial charge in [0.15, 0.2) is 5.82 Å². The fourth-order valence-corrected chi connectivity index (χ4v) is 1.83. The van der Waals surface area contributed by atoms with E-state index in [1.165, 1.54) is 11.0 Å². The summed E-state index contributed by atoms with van der Waals surface area (Å²) in [6.07, 6.45) is 1.87. The molecule has 0 aromatic carbocycles. The predicted molar refractivity (Wildman–Crippen MR) is 54.3 cm³/mol. The van der Waals surface area contributed by atoms with Gasteiger partial charge in [-0.05, 0) is 28.6 Å². The Balaban J connectivity index is 2.32. The molecule has 0 saturated heterocycles. The van der Waals surface area contributed by atoms with Crippen LogP contribution in [0.4, 0.5) is 4.39 Å². The van der Waals surface area contributed by atoms with Crippen molar-refractivity contribution in [3.63, 3.8) is 0 Å². The molecule has 0 aliphatic rings. The molecule has 84 valence electrons. The van der Waals surface area contributed by atoms with Crippen LogP contribution in [0.2, 0.25) is 0 Å². The lowest BCUT2D eigenvalue weighted by atomic mass is 10.3. The fourth-order valence-electron chi connectivity index (χ4n) is 1.10. The van der Waals surface area contributed by atoms with E-state index in [4.69, 9.17) is 0 Å². The maximum atomic E-state index is 13.8. The van der Waals surface area contributed by atoms with E-state index in [1.807, 2.05) is 6.92 Å². The number of tetrazole rings is 1. The van der Waals surface area contributed by atoms with Crippen LogP contribution in [-0.4, -0.2) is 30.2 Å². The summed E-state index contributed by atoms with van der Waals surface area (Å²) in [6, 6.07) is 0. The molecule has 0 aliphatic heterocycles. The third-order valence-electron chi connectivity index (χ3n) is 1.93. The molecular formula is C8H9FN6S. The van der Waals surface area contributed by atoms with E-state index in [9.17, 15) is 4.39 Å². The molecule has 0 bridgehead atoms. The first-order valence-corrected chi connectivity index (χ1v) is 5.43. The molecule has 6 nitrogen and oxygen atoms in total. The van der Waals surface area contributed by atoms with Crippen LogP contribution < -0.4 is 0 Å². The standard InChI is InChI=1S/C8H9FN6S/c1-3-5-6(9)7(11-4-10-5)16-8-12-13-14-15(8)2/h4H,3H2,1-2H3. The minimum atomic E-state index is -0.405. The zero-order chi connectivity index (χ0) is 11.5. The van der Waals surface area contributed by atoms with Gasteiger partial charge in [0.25, 0.3) is 0 Å². The normalized spacial score (nSPS) is 10.7. The van der Waals surface area contributed by atoms with Crippen LogP contribution in [0.15, 0.2) is 16.5 Å².